The number of para-hydroxylation sites is 1. The van der Waals surface area contributed by atoms with Crippen molar-refractivity contribution in [2.75, 3.05) is 6.54 Å². The lowest BCUT2D eigenvalue weighted by atomic mass is 10.0. The van der Waals surface area contributed by atoms with Gasteiger partial charge in [-0.25, -0.2) is 9.67 Å². The first-order chi connectivity index (χ1) is 12.7. The largest absolute Gasteiger partial charge is 0.307 e. The molecule has 1 saturated heterocycles. The van der Waals surface area contributed by atoms with Crippen LogP contribution in [0.1, 0.15) is 54.9 Å². The Balaban J connectivity index is 1.45. The molecule has 5 nitrogen and oxygen atoms in total. The highest BCUT2D eigenvalue weighted by Gasteiger charge is 2.31. The fourth-order valence-electron chi connectivity index (χ4n) is 3.94. The van der Waals surface area contributed by atoms with Crippen molar-refractivity contribution in [3.8, 4) is 0 Å². The van der Waals surface area contributed by atoms with Crippen molar-refractivity contribution in [3.05, 3.63) is 39.9 Å². The minimum absolute atomic E-state index is 0.370. The minimum atomic E-state index is 0.370. The number of nitrogens with zero attached hydrogens (tertiary/aromatic N) is 5. The maximum Gasteiger partial charge on any atom is 0.198 e. The Bertz CT molecular complexity index is 964. The average molecular weight is 386 g/mol. The van der Waals surface area contributed by atoms with Gasteiger partial charge in [-0.2, -0.15) is 5.10 Å². The predicted molar refractivity (Wildman–Crippen MR) is 107 cm³/mol. The van der Waals surface area contributed by atoms with Crippen molar-refractivity contribution in [2.24, 2.45) is 7.05 Å². The van der Waals surface area contributed by atoms with E-state index in [2.05, 4.69) is 40.8 Å². The Kier molecular flexibility index (Phi) is 4.18. The Morgan fingerprint density at radius 2 is 2.04 bits per heavy atom. The molecule has 0 amide bonds. The molecule has 0 radical (unpaired) electrons. The number of rotatable bonds is 4. The summed E-state index contributed by atoms with van der Waals surface area (Å²) in [6, 6.07) is 8.81. The molecule has 1 atom stereocenters. The van der Waals surface area contributed by atoms with E-state index in [9.17, 15) is 0 Å². The number of likely N-dealkylation sites (tertiary alicyclic amines) is 1. The second kappa shape index (κ2) is 6.55. The topological polar surface area (TPSA) is 38.9 Å². The maximum atomic E-state index is 5.66. The Labute approximate surface area is 162 Å². The third kappa shape index (κ3) is 2.92. The van der Waals surface area contributed by atoms with Gasteiger partial charge in [-0.3, -0.25) is 4.90 Å². The number of aromatic nitrogens is 4. The third-order valence-electron chi connectivity index (χ3n) is 5.54. The second-order valence-corrected chi connectivity index (χ2v) is 8.89. The number of fused-ring (bicyclic) bond motifs is 1. The monoisotopic (exact) mass is 385 g/mol. The highest BCUT2D eigenvalue weighted by Crippen LogP contribution is 2.39. The highest BCUT2D eigenvalue weighted by molar-refractivity contribution is 7.71. The van der Waals surface area contributed by atoms with Gasteiger partial charge in [-0.1, -0.05) is 18.6 Å². The summed E-state index contributed by atoms with van der Waals surface area (Å²) in [6.45, 7) is 1.84. The van der Waals surface area contributed by atoms with Gasteiger partial charge in [0.25, 0.3) is 0 Å². The van der Waals surface area contributed by atoms with Gasteiger partial charge in [-0.05, 0) is 50.0 Å². The van der Waals surface area contributed by atoms with E-state index in [0.717, 1.165) is 35.7 Å². The molecule has 3 heterocycles. The van der Waals surface area contributed by atoms with Crippen LogP contribution in [0.2, 0.25) is 0 Å². The lowest BCUT2D eigenvalue weighted by molar-refractivity contribution is 0.103. The van der Waals surface area contributed by atoms with Crippen molar-refractivity contribution < 1.29 is 0 Å². The molecular weight excluding hydrogens is 362 g/mol. The molecule has 26 heavy (non-hydrogen) atoms. The Morgan fingerprint density at radius 1 is 1.19 bits per heavy atom. The zero-order valence-electron chi connectivity index (χ0n) is 15.0. The lowest BCUT2D eigenvalue weighted by Gasteiger charge is -2.34. The summed E-state index contributed by atoms with van der Waals surface area (Å²) in [5, 5.41) is 6.09. The van der Waals surface area contributed by atoms with Gasteiger partial charge in [0.05, 0.1) is 22.9 Å². The maximum absolute atomic E-state index is 5.66. The van der Waals surface area contributed by atoms with E-state index in [1.807, 2.05) is 16.0 Å². The molecule has 1 aromatic carbocycles. The summed E-state index contributed by atoms with van der Waals surface area (Å²) in [4.78, 5) is 7.44. The zero-order valence-corrected chi connectivity index (χ0v) is 16.6. The minimum Gasteiger partial charge on any atom is -0.307 e. The van der Waals surface area contributed by atoms with Gasteiger partial charge in [0.15, 0.2) is 4.77 Å². The van der Waals surface area contributed by atoms with Gasteiger partial charge < -0.3 is 4.57 Å². The molecule has 0 spiro atoms. The van der Waals surface area contributed by atoms with Crippen molar-refractivity contribution in [1.29, 1.82) is 0 Å². The number of thiazole rings is 1. The molecule has 7 heteroatoms. The SMILES string of the molecule is Cn1c(C2CC2)nn(CN2CCCC[C@H]2c2nc3ccccc3s2)c1=S. The molecule has 2 aromatic heterocycles. The van der Waals surface area contributed by atoms with Crippen LogP contribution < -0.4 is 0 Å². The Hall–Kier alpha value is -1.57. The lowest BCUT2D eigenvalue weighted by Crippen LogP contribution is -2.35. The summed E-state index contributed by atoms with van der Waals surface area (Å²) >= 11 is 7.49. The average Bonchev–Trinajstić information content (AvgIpc) is 3.35. The van der Waals surface area contributed by atoms with Crippen LogP contribution in [0, 0.1) is 4.77 Å². The van der Waals surface area contributed by atoms with Gasteiger partial charge >= 0.3 is 0 Å². The standard InChI is InChI=1S/C19H23N5S2/c1-22-17(13-9-10-13)21-24(19(22)25)12-23-11-5-4-7-15(23)18-20-14-6-2-3-8-16(14)26-18/h2-3,6,8,13,15H,4-5,7,9-12H2,1H3/t15-/m0/s1. The Morgan fingerprint density at radius 3 is 2.85 bits per heavy atom. The van der Waals surface area contributed by atoms with E-state index in [1.165, 1.54) is 35.4 Å². The van der Waals surface area contributed by atoms with Crippen molar-refractivity contribution in [2.45, 2.75) is 50.7 Å². The van der Waals surface area contributed by atoms with E-state index in [1.54, 1.807) is 0 Å². The van der Waals surface area contributed by atoms with Crippen LogP contribution >= 0.6 is 23.6 Å². The van der Waals surface area contributed by atoms with Gasteiger partial charge in [-0.15, -0.1) is 11.3 Å². The molecule has 3 aromatic rings. The van der Waals surface area contributed by atoms with Crippen LogP contribution in [0.5, 0.6) is 0 Å². The highest BCUT2D eigenvalue weighted by atomic mass is 32.1. The number of hydrogen-bond acceptors (Lipinski definition) is 5. The third-order valence-corrected chi connectivity index (χ3v) is 7.16. The number of piperidine rings is 1. The van der Waals surface area contributed by atoms with Crippen molar-refractivity contribution >= 4 is 33.8 Å². The van der Waals surface area contributed by atoms with Crippen molar-refractivity contribution in [3.63, 3.8) is 0 Å². The molecule has 0 bridgehead atoms. The van der Waals surface area contributed by atoms with Crippen LogP contribution in [0.3, 0.4) is 0 Å². The molecule has 2 aliphatic rings. The van der Waals surface area contributed by atoms with Crippen LogP contribution in [0.4, 0.5) is 0 Å². The molecule has 1 aliphatic heterocycles. The van der Waals surface area contributed by atoms with Gasteiger partial charge in [0, 0.05) is 19.5 Å². The van der Waals surface area contributed by atoms with E-state index < -0.39 is 0 Å². The molecule has 136 valence electrons. The summed E-state index contributed by atoms with van der Waals surface area (Å²) in [5.41, 5.74) is 1.11. The number of benzene rings is 1. The summed E-state index contributed by atoms with van der Waals surface area (Å²) in [5.74, 6) is 1.77. The van der Waals surface area contributed by atoms with E-state index >= 15 is 0 Å². The smallest absolute Gasteiger partial charge is 0.198 e. The molecule has 0 unspecified atom stereocenters. The fourth-order valence-corrected chi connectivity index (χ4v) is 5.27. The molecule has 1 aliphatic carbocycles. The molecular formula is C19H23N5S2. The van der Waals surface area contributed by atoms with E-state index in [4.69, 9.17) is 22.3 Å². The van der Waals surface area contributed by atoms with Crippen LogP contribution in [-0.4, -0.2) is 30.8 Å². The first-order valence-corrected chi connectivity index (χ1v) is 10.7. The van der Waals surface area contributed by atoms with Crippen LogP contribution in [-0.2, 0) is 13.7 Å². The quantitative estimate of drug-likeness (QED) is 0.614. The normalized spacial score (nSPS) is 21.5. The summed E-state index contributed by atoms with van der Waals surface area (Å²) in [7, 11) is 2.06. The van der Waals surface area contributed by atoms with Gasteiger partial charge in [0.1, 0.15) is 10.8 Å². The molecule has 2 fully saturated rings. The van der Waals surface area contributed by atoms with E-state index in [0.29, 0.717) is 12.0 Å². The first kappa shape index (κ1) is 16.6. The van der Waals surface area contributed by atoms with Crippen molar-refractivity contribution in [1.82, 2.24) is 24.2 Å². The predicted octanol–water partition coefficient (Wildman–Crippen LogP) is 4.62. The zero-order chi connectivity index (χ0) is 17.7. The van der Waals surface area contributed by atoms with Gasteiger partial charge in [0.2, 0.25) is 0 Å². The summed E-state index contributed by atoms with van der Waals surface area (Å²) < 4.78 is 6.23. The molecule has 5 rings (SSSR count). The molecule has 1 saturated carbocycles. The van der Waals surface area contributed by atoms with E-state index in [-0.39, 0.29) is 0 Å². The van der Waals surface area contributed by atoms with Crippen LogP contribution in [0.25, 0.3) is 10.2 Å². The number of hydrogen-bond donors (Lipinski definition) is 0. The first-order valence-electron chi connectivity index (χ1n) is 9.44. The molecule has 0 N–H and O–H groups in total. The second-order valence-electron chi connectivity index (χ2n) is 7.46. The summed E-state index contributed by atoms with van der Waals surface area (Å²) in [6.07, 6.45) is 6.15. The fraction of sp³-hybridized carbons (Fsp3) is 0.526. The van der Waals surface area contributed by atoms with Crippen LogP contribution in [0.15, 0.2) is 24.3 Å².